The summed E-state index contributed by atoms with van der Waals surface area (Å²) in [5, 5.41) is 0.613. The highest BCUT2D eigenvalue weighted by atomic mass is 79.9. The highest BCUT2D eigenvalue weighted by Gasteiger charge is 2.23. The Hall–Kier alpha value is 0.590. The predicted octanol–water partition coefficient (Wildman–Crippen LogP) is 6.09. The molecule has 0 saturated heterocycles. The minimum atomic E-state index is -3.32. The Kier molecular flexibility index (Phi) is 15.9. The Balaban J connectivity index is 3.36. The summed E-state index contributed by atoms with van der Waals surface area (Å²) < 4.78 is 27.1. The molecule has 0 aromatic heterocycles. The molecule has 0 amide bonds. The number of unbranched alkanes of at least 4 members (excludes halogenated alkanes) is 9. The third-order valence-corrected chi connectivity index (χ3v) is 5.07. The van der Waals surface area contributed by atoms with Crippen LogP contribution in [-0.4, -0.2) is 25.7 Å². The van der Waals surface area contributed by atoms with Crippen LogP contribution in [0.5, 0.6) is 0 Å². The van der Waals surface area contributed by atoms with Crippen molar-refractivity contribution in [1.29, 1.82) is 0 Å². The second-order valence-corrected chi connectivity index (χ2v) is 7.74. The Morgan fingerprint density at radius 3 is 1.76 bits per heavy atom. The molecule has 1 atom stereocenters. The number of halogens is 1. The van der Waals surface area contributed by atoms with E-state index in [0.29, 0.717) is 18.5 Å². The maximum absolute atomic E-state index is 11.9. The molecule has 0 aromatic carbocycles. The third-order valence-electron chi connectivity index (χ3n) is 3.30. The van der Waals surface area contributed by atoms with Crippen LogP contribution < -0.4 is 0 Å². The van der Waals surface area contributed by atoms with Crippen LogP contribution >= 0.6 is 23.8 Å². The normalized spacial score (nSPS) is 14.2. The molecule has 0 aromatic rings. The average molecular weight is 387 g/mol. The maximum atomic E-state index is 11.9. The maximum Gasteiger partial charge on any atom is 0.474 e. The monoisotopic (exact) mass is 386 g/mol. The highest BCUT2D eigenvalue weighted by molar-refractivity contribution is 9.09. The predicted molar refractivity (Wildman–Crippen MR) is 92.2 cm³/mol. The van der Waals surface area contributed by atoms with Crippen LogP contribution in [0.2, 0.25) is 0 Å². The van der Waals surface area contributed by atoms with Gasteiger partial charge in [-0.1, -0.05) is 80.6 Å². The van der Waals surface area contributed by atoms with Crippen LogP contribution in [0.25, 0.3) is 0 Å². The van der Waals surface area contributed by atoms with Crippen molar-refractivity contribution >= 4 is 23.8 Å². The number of hydrogen-bond donors (Lipinski definition) is 0. The molecule has 0 rings (SSSR count). The Bertz CT molecular complexity index is 264. The summed E-state index contributed by atoms with van der Waals surface area (Å²) >= 11 is 3.21. The molecule has 4 nitrogen and oxygen atoms in total. The van der Waals surface area contributed by atoms with Gasteiger partial charge in [0.1, 0.15) is 0 Å². The quantitative estimate of drug-likeness (QED) is 0.183. The Morgan fingerprint density at radius 2 is 1.29 bits per heavy atom. The zero-order chi connectivity index (χ0) is 15.8. The van der Waals surface area contributed by atoms with Gasteiger partial charge in [-0.15, -0.1) is 0 Å². The van der Waals surface area contributed by atoms with Crippen LogP contribution in [0.3, 0.4) is 0 Å². The molecule has 0 spiro atoms. The van der Waals surface area contributed by atoms with E-state index in [2.05, 4.69) is 22.9 Å². The van der Waals surface area contributed by atoms with E-state index in [1.165, 1.54) is 58.5 Å². The van der Waals surface area contributed by atoms with Crippen molar-refractivity contribution in [2.45, 2.75) is 71.1 Å². The van der Waals surface area contributed by atoms with Gasteiger partial charge >= 0.3 is 7.82 Å². The van der Waals surface area contributed by atoms with Crippen molar-refractivity contribution in [1.82, 2.24) is 0 Å². The van der Waals surface area contributed by atoms with Gasteiger partial charge < -0.3 is 0 Å². The minimum Gasteiger partial charge on any atom is -0.290 e. The molecule has 0 fully saturated rings. The minimum absolute atomic E-state index is 0.323. The lowest BCUT2D eigenvalue weighted by atomic mass is 10.1. The van der Waals surface area contributed by atoms with E-state index in [9.17, 15) is 4.57 Å². The lowest BCUT2D eigenvalue weighted by molar-refractivity contribution is 0.135. The molecule has 0 heterocycles. The van der Waals surface area contributed by atoms with Gasteiger partial charge in [-0.2, -0.15) is 0 Å². The van der Waals surface area contributed by atoms with Gasteiger partial charge in [-0.25, -0.2) is 4.57 Å². The first-order valence-corrected chi connectivity index (χ1v) is 10.8. The number of alkyl halides is 1. The first-order chi connectivity index (χ1) is 10.2. The molecular weight excluding hydrogens is 355 g/mol. The second-order valence-electron chi connectivity index (χ2n) is 5.17. The van der Waals surface area contributed by atoms with Crippen molar-refractivity contribution in [3.8, 4) is 0 Å². The summed E-state index contributed by atoms with van der Waals surface area (Å²) in [6.45, 7) is 3.00. The molecule has 1 unspecified atom stereocenters. The largest absolute Gasteiger partial charge is 0.474 e. The summed E-state index contributed by atoms with van der Waals surface area (Å²) in [4.78, 5) is 0. The number of phosphoric ester groups is 1. The van der Waals surface area contributed by atoms with E-state index in [0.717, 1.165) is 12.8 Å². The molecule has 0 saturated carbocycles. The van der Waals surface area contributed by atoms with Crippen LogP contribution in [-0.2, 0) is 18.1 Å². The van der Waals surface area contributed by atoms with Crippen molar-refractivity contribution in [3.05, 3.63) is 0 Å². The Morgan fingerprint density at radius 1 is 0.810 bits per heavy atom. The zero-order valence-corrected chi connectivity index (χ0v) is 16.1. The topological polar surface area (TPSA) is 44.8 Å². The van der Waals surface area contributed by atoms with Gasteiger partial charge in [0.25, 0.3) is 0 Å². The number of rotatable bonds is 16. The van der Waals surface area contributed by atoms with Crippen molar-refractivity contribution in [2.24, 2.45) is 0 Å². The molecule has 0 bridgehead atoms. The summed E-state index contributed by atoms with van der Waals surface area (Å²) in [6.07, 6.45) is 12.6. The van der Waals surface area contributed by atoms with Gasteiger partial charge in [-0.05, 0) is 6.42 Å². The molecule has 0 aliphatic carbocycles. The van der Waals surface area contributed by atoms with Gasteiger partial charge in [0.05, 0.1) is 13.2 Å². The summed E-state index contributed by atoms with van der Waals surface area (Å²) in [7, 11) is -1.97. The summed E-state index contributed by atoms with van der Waals surface area (Å²) in [6, 6.07) is 0. The summed E-state index contributed by atoms with van der Waals surface area (Å²) in [5.74, 6) is 0. The fourth-order valence-corrected chi connectivity index (χ4v) is 3.42. The van der Waals surface area contributed by atoms with E-state index >= 15 is 0 Å². The smallest absolute Gasteiger partial charge is 0.290 e. The molecule has 0 radical (unpaired) electrons. The van der Waals surface area contributed by atoms with E-state index in [-0.39, 0.29) is 0 Å². The number of hydrogen-bond acceptors (Lipinski definition) is 4. The first-order valence-electron chi connectivity index (χ1n) is 8.19. The van der Waals surface area contributed by atoms with Crippen molar-refractivity contribution < 1.29 is 18.1 Å². The van der Waals surface area contributed by atoms with Crippen molar-refractivity contribution in [3.63, 3.8) is 0 Å². The van der Waals surface area contributed by atoms with Crippen LogP contribution in [0.1, 0.15) is 71.1 Å². The van der Waals surface area contributed by atoms with E-state index in [1.807, 2.05) is 0 Å². The fourth-order valence-electron chi connectivity index (χ4n) is 2.05. The lowest BCUT2D eigenvalue weighted by Gasteiger charge is -2.15. The average Bonchev–Trinajstić information content (AvgIpc) is 2.50. The van der Waals surface area contributed by atoms with Gasteiger partial charge in [0.15, 0.2) is 0 Å². The van der Waals surface area contributed by atoms with Crippen LogP contribution in [0.15, 0.2) is 0 Å². The molecular formula is C15H32BrO4P. The van der Waals surface area contributed by atoms with Gasteiger partial charge in [-0.3, -0.25) is 13.6 Å². The van der Waals surface area contributed by atoms with Crippen LogP contribution in [0, 0.1) is 0 Å². The van der Waals surface area contributed by atoms with Crippen LogP contribution in [0.4, 0.5) is 0 Å². The number of phosphoric acid groups is 1. The van der Waals surface area contributed by atoms with E-state index in [1.54, 1.807) is 0 Å². The lowest BCUT2D eigenvalue weighted by Crippen LogP contribution is -2.01. The Labute approximate surface area is 139 Å². The third kappa shape index (κ3) is 13.9. The molecule has 21 heavy (non-hydrogen) atoms. The molecule has 128 valence electrons. The SMILES string of the molecule is CCCCCCCCCCCCOP(=O)(OC)OCCBr. The fraction of sp³-hybridized carbons (Fsp3) is 1.00. The standard InChI is InChI=1S/C15H32BrO4P/c1-3-4-5-6-7-8-9-10-11-12-14-19-21(17,18-2)20-15-13-16/h3-15H2,1-2H3. The molecule has 0 N–H and O–H groups in total. The summed E-state index contributed by atoms with van der Waals surface area (Å²) in [5.41, 5.74) is 0. The first kappa shape index (κ1) is 21.6. The van der Waals surface area contributed by atoms with E-state index in [4.69, 9.17) is 13.6 Å². The highest BCUT2D eigenvalue weighted by Crippen LogP contribution is 2.48. The second kappa shape index (κ2) is 15.5. The molecule has 6 heteroatoms. The molecule has 0 aliphatic heterocycles. The molecule has 0 aliphatic rings. The zero-order valence-electron chi connectivity index (χ0n) is 13.7. The van der Waals surface area contributed by atoms with Crippen molar-refractivity contribution in [2.75, 3.05) is 25.7 Å². The van der Waals surface area contributed by atoms with E-state index < -0.39 is 7.82 Å². The van der Waals surface area contributed by atoms with Gasteiger partial charge in [0.2, 0.25) is 0 Å². The van der Waals surface area contributed by atoms with Gasteiger partial charge in [0, 0.05) is 12.4 Å².